The van der Waals surface area contributed by atoms with Gasteiger partial charge >= 0.3 is 0 Å². The number of fused-ring (bicyclic) bond motifs is 1. The fraction of sp³-hybridized carbons (Fsp3) is 0.364. The van der Waals surface area contributed by atoms with Crippen LogP contribution in [0.5, 0.6) is 0 Å². The normalized spacial score (nSPS) is 10.5. The van der Waals surface area contributed by atoms with Crippen LogP contribution in [0, 0.1) is 11.3 Å². The van der Waals surface area contributed by atoms with Crippen molar-refractivity contribution in [2.24, 2.45) is 0 Å². The zero-order valence-electron chi connectivity index (χ0n) is 9.05. The molecule has 5 heteroatoms. The average molecular weight is 216 g/mol. The minimum atomic E-state index is 0.600. The Labute approximate surface area is 93.3 Å². The maximum atomic E-state index is 8.75. The van der Waals surface area contributed by atoms with Crippen LogP contribution in [0.25, 0.3) is 5.65 Å². The maximum Gasteiger partial charge on any atom is 0.162 e. The molecule has 2 heterocycles. The molecule has 0 bridgehead atoms. The van der Waals surface area contributed by atoms with Gasteiger partial charge in [-0.2, -0.15) is 5.26 Å². The van der Waals surface area contributed by atoms with E-state index in [4.69, 9.17) is 10.00 Å². The number of ether oxygens (including phenoxy) is 1. The molecule has 5 nitrogen and oxygen atoms in total. The third-order valence-corrected chi connectivity index (χ3v) is 2.36. The fourth-order valence-electron chi connectivity index (χ4n) is 1.55. The lowest BCUT2D eigenvalue weighted by atomic mass is 10.3. The van der Waals surface area contributed by atoms with E-state index in [9.17, 15) is 0 Å². The Bertz CT molecular complexity index is 526. The highest BCUT2D eigenvalue weighted by molar-refractivity contribution is 5.45. The Morgan fingerprint density at radius 1 is 1.50 bits per heavy atom. The molecule has 0 saturated heterocycles. The van der Waals surface area contributed by atoms with Gasteiger partial charge in [0.05, 0.1) is 11.6 Å². The van der Waals surface area contributed by atoms with Crippen molar-refractivity contribution in [1.82, 2.24) is 14.6 Å². The highest BCUT2D eigenvalue weighted by atomic mass is 16.5. The molecule has 2 aromatic heterocycles. The molecule has 0 amide bonds. The molecule has 2 rings (SSSR count). The fourth-order valence-corrected chi connectivity index (χ4v) is 1.55. The first-order valence-electron chi connectivity index (χ1n) is 5.08. The summed E-state index contributed by atoms with van der Waals surface area (Å²) >= 11 is 0. The number of hydrogen-bond acceptors (Lipinski definition) is 4. The van der Waals surface area contributed by atoms with E-state index in [-0.39, 0.29) is 0 Å². The van der Waals surface area contributed by atoms with Gasteiger partial charge in [0.1, 0.15) is 5.82 Å². The number of rotatable bonds is 4. The molecule has 16 heavy (non-hydrogen) atoms. The SMILES string of the molecule is COCCCc1nnc2cc(C#N)ccn12. The average Bonchev–Trinajstić information content (AvgIpc) is 2.72. The zero-order chi connectivity index (χ0) is 11.4. The van der Waals surface area contributed by atoms with E-state index in [0.717, 1.165) is 18.7 Å². The molecular weight excluding hydrogens is 204 g/mol. The summed E-state index contributed by atoms with van der Waals surface area (Å²) < 4.78 is 6.89. The van der Waals surface area contributed by atoms with Gasteiger partial charge in [0.2, 0.25) is 0 Å². The molecule has 0 radical (unpaired) electrons. The topological polar surface area (TPSA) is 63.2 Å². The van der Waals surface area contributed by atoms with Crippen LogP contribution in [0.2, 0.25) is 0 Å². The number of aromatic nitrogens is 3. The van der Waals surface area contributed by atoms with Gasteiger partial charge < -0.3 is 4.74 Å². The minimum Gasteiger partial charge on any atom is -0.385 e. The molecule has 0 saturated carbocycles. The van der Waals surface area contributed by atoms with Crippen molar-refractivity contribution in [3.05, 3.63) is 29.7 Å². The Morgan fingerprint density at radius 2 is 2.38 bits per heavy atom. The van der Waals surface area contributed by atoms with Crippen molar-refractivity contribution in [2.45, 2.75) is 12.8 Å². The number of pyridine rings is 1. The van der Waals surface area contributed by atoms with E-state index in [0.29, 0.717) is 17.8 Å². The van der Waals surface area contributed by atoms with Crippen LogP contribution in [0.1, 0.15) is 17.8 Å². The molecule has 0 aromatic carbocycles. The first-order chi connectivity index (χ1) is 7.85. The van der Waals surface area contributed by atoms with Crippen LogP contribution in [-0.4, -0.2) is 28.3 Å². The first-order valence-corrected chi connectivity index (χ1v) is 5.08. The second kappa shape index (κ2) is 4.73. The van der Waals surface area contributed by atoms with Crippen molar-refractivity contribution < 1.29 is 4.74 Å². The van der Waals surface area contributed by atoms with Crippen LogP contribution >= 0.6 is 0 Å². The molecule has 2 aromatic rings. The lowest BCUT2D eigenvalue weighted by Gasteiger charge is -1.99. The van der Waals surface area contributed by atoms with Crippen molar-refractivity contribution in [3.63, 3.8) is 0 Å². The van der Waals surface area contributed by atoms with Crippen molar-refractivity contribution in [3.8, 4) is 6.07 Å². The lowest BCUT2D eigenvalue weighted by molar-refractivity contribution is 0.194. The van der Waals surface area contributed by atoms with Crippen LogP contribution in [0.15, 0.2) is 18.3 Å². The number of hydrogen-bond donors (Lipinski definition) is 0. The van der Waals surface area contributed by atoms with Gasteiger partial charge in [-0.25, -0.2) is 0 Å². The monoisotopic (exact) mass is 216 g/mol. The number of nitrogens with zero attached hydrogens (tertiary/aromatic N) is 4. The van der Waals surface area contributed by atoms with E-state index >= 15 is 0 Å². The van der Waals surface area contributed by atoms with Gasteiger partial charge in [-0.15, -0.1) is 10.2 Å². The van der Waals surface area contributed by atoms with E-state index in [2.05, 4.69) is 16.3 Å². The number of methoxy groups -OCH3 is 1. The standard InChI is InChI=1S/C11H12N4O/c1-16-6-2-3-10-13-14-11-7-9(8-12)4-5-15(10)11/h4-5,7H,2-3,6H2,1H3. The van der Waals surface area contributed by atoms with Gasteiger partial charge in [-0.1, -0.05) is 0 Å². The van der Waals surface area contributed by atoms with Gasteiger partial charge in [0.15, 0.2) is 5.65 Å². The first kappa shape index (κ1) is 10.6. The van der Waals surface area contributed by atoms with Crippen LogP contribution in [-0.2, 0) is 11.2 Å². The third kappa shape index (κ3) is 2.02. The third-order valence-electron chi connectivity index (χ3n) is 2.36. The van der Waals surface area contributed by atoms with Gasteiger partial charge in [0, 0.05) is 32.4 Å². The van der Waals surface area contributed by atoms with Crippen molar-refractivity contribution >= 4 is 5.65 Å². The highest BCUT2D eigenvalue weighted by Crippen LogP contribution is 2.08. The summed E-state index contributed by atoms with van der Waals surface area (Å²) in [6.45, 7) is 0.713. The largest absolute Gasteiger partial charge is 0.385 e. The van der Waals surface area contributed by atoms with Gasteiger partial charge in [-0.3, -0.25) is 4.40 Å². The smallest absolute Gasteiger partial charge is 0.162 e. The Kier molecular flexibility index (Phi) is 3.13. The van der Waals surface area contributed by atoms with Gasteiger partial charge in [-0.05, 0) is 12.5 Å². The van der Waals surface area contributed by atoms with Crippen LogP contribution in [0.4, 0.5) is 0 Å². The summed E-state index contributed by atoms with van der Waals surface area (Å²) in [7, 11) is 1.68. The quantitative estimate of drug-likeness (QED) is 0.720. The maximum absolute atomic E-state index is 8.75. The molecule has 0 aliphatic heterocycles. The number of aryl methyl sites for hydroxylation is 1. The van der Waals surface area contributed by atoms with Crippen molar-refractivity contribution in [2.75, 3.05) is 13.7 Å². The van der Waals surface area contributed by atoms with E-state index in [1.54, 1.807) is 19.2 Å². The molecular formula is C11H12N4O. The molecule has 0 atom stereocenters. The molecule has 0 fully saturated rings. The zero-order valence-corrected chi connectivity index (χ0v) is 9.05. The Hall–Kier alpha value is -1.93. The minimum absolute atomic E-state index is 0.600. The molecule has 82 valence electrons. The summed E-state index contributed by atoms with van der Waals surface area (Å²) in [5, 5.41) is 16.9. The van der Waals surface area contributed by atoms with E-state index in [1.165, 1.54) is 0 Å². The predicted molar refractivity (Wildman–Crippen MR) is 57.9 cm³/mol. The van der Waals surface area contributed by atoms with E-state index in [1.807, 2.05) is 10.6 Å². The summed E-state index contributed by atoms with van der Waals surface area (Å²) in [6.07, 6.45) is 3.56. The van der Waals surface area contributed by atoms with Gasteiger partial charge in [0.25, 0.3) is 0 Å². The Morgan fingerprint density at radius 3 is 3.12 bits per heavy atom. The lowest BCUT2D eigenvalue weighted by Crippen LogP contribution is -1.98. The molecule has 0 unspecified atom stereocenters. The second-order valence-corrected chi connectivity index (χ2v) is 3.47. The number of nitriles is 1. The molecule has 0 N–H and O–H groups in total. The summed E-state index contributed by atoms with van der Waals surface area (Å²) in [4.78, 5) is 0. The van der Waals surface area contributed by atoms with Crippen molar-refractivity contribution in [1.29, 1.82) is 5.26 Å². The van der Waals surface area contributed by atoms with Crippen LogP contribution < -0.4 is 0 Å². The highest BCUT2D eigenvalue weighted by Gasteiger charge is 2.05. The second-order valence-electron chi connectivity index (χ2n) is 3.47. The Balaban J connectivity index is 2.25. The summed E-state index contributed by atoms with van der Waals surface area (Å²) in [5.74, 6) is 0.900. The summed E-state index contributed by atoms with van der Waals surface area (Å²) in [5.41, 5.74) is 1.31. The predicted octanol–water partition coefficient (Wildman–Crippen LogP) is 1.18. The molecule has 0 spiro atoms. The van der Waals surface area contributed by atoms with E-state index < -0.39 is 0 Å². The molecule has 0 aliphatic rings. The van der Waals surface area contributed by atoms with Crippen LogP contribution in [0.3, 0.4) is 0 Å². The summed E-state index contributed by atoms with van der Waals surface area (Å²) in [6, 6.07) is 5.57. The molecule has 0 aliphatic carbocycles.